The first kappa shape index (κ1) is 16.3. The van der Waals surface area contributed by atoms with Crippen molar-refractivity contribution in [1.29, 1.82) is 0 Å². The van der Waals surface area contributed by atoms with Gasteiger partial charge in [-0.2, -0.15) is 0 Å². The maximum atomic E-state index is 6.29. The van der Waals surface area contributed by atoms with Crippen LogP contribution in [0.15, 0.2) is 36.4 Å². The molecule has 0 bridgehead atoms. The van der Waals surface area contributed by atoms with Crippen molar-refractivity contribution in [1.82, 2.24) is 0 Å². The third-order valence-corrected chi connectivity index (χ3v) is 4.14. The fraction of sp³-hybridized carbons (Fsp3) is 0.250. The van der Waals surface area contributed by atoms with Crippen molar-refractivity contribution < 1.29 is 4.74 Å². The van der Waals surface area contributed by atoms with E-state index >= 15 is 0 Å². The number of hydrogen-bond donors (Lipinski definition) is 1. The molecule has 0 saturated carbocycles. The molecule has 21 heavy (non-hydrogen) atoms. The molecule has 0 fully saturated rings. The van der Waals surface area contributed by atoms with Gasteiger partial charge in [0.15, 0.2) is 0 Å². The van der Waals surface area contributed by atoms with Gasteiger partial charge in [-0.1, -0.05) is 47.8 Å². The highest BCUT2D eigenvalue weighted by Crippen LogP contribution is 2.34. The van der Waals surface area contributed by atoms with Crippen molar-refractivity contribution in [3.8, 4) is 5.75 Å². The van der Waals surface area contributed by atoms with E-state index in [0.717, 1.165) is 23.4 Å². The van der Waals surface area contributed by atoms with E-state index in [1.807, 2.05) is 24.3 Å². The summed E-state index contributed by atoms with van der Waals surface area (Å²) >= 11 is 18.5. The lowest BCUT2D eigenvalue weighted by atomic mass is 10.0. The summed E-state index contributed by atoms with van der Waals surface area (Å²) in [6.07, 6.45) is 0.856. The van der Waals surface area contributed by atoms with Gasteiger partial charge in [-0.05, 0) is 36.2 Å². The Labute approximate surface area is 140 Å². The van der Waals surface area contributed by atoms with Crippen molar-refractivity contribution in [3.05, 3.63) is 57.0 Å². The van der Waals surface area contributed by atoms with Crippen molar-refractivity contribution >= 4 is 40.5 Å². The molecule has 0 radical (unpaired) electrons. The molecule has 0 heterocycles. The fourth-order valence-corrected chi connectivity index (χ4v) is 2.83. The van der Waals surface area contributed by atoms with Gasteiger partial charge in [0.25, 0.3) is 0 Å². The Morgan fingerprint density at radius 3 is 2.43 bits per heavy atom. The molecular formula is C16H16Cl3NO. The molecule has 1 atom stereocenters. The Bertz CT molecular complexity index is 631. The number of methoxy groups -OCH3 is 1. The lowest BCUT2D eigenvalue weighted by Gasteiger charge is -2.21. The van der Waals surface area contributed by atoms with Gasteiger partial charge in [0, 0.05) is 16.1 Å². The highest BCUT2D eigenvalue weighted by molar-refractivity contribution is 6.35. The highest BCUT2D eigenvalue weighted by Gasteiger charge is 2.15. The average molecular weight is 345 g/mol. The number of ether oxygens (including phenoxy) is 1. The molecule has 0 aliphatic carbocycles. The van der Waals surface area contributed by atoms with E-state index in [2.05, 4.69) is 12.2 Å². The van der Waals surface area contributed by atoms with Crippen LogP contribution in [-0.4, -0.2) is 7.11 Å². The lowest BCUT2D eigenvalue weighted by Crippen LogP contribution is -2.10. The van der Waals surface area contributed by atoms with Crippen LogP contribution in [0, 0.1) is 0 Å². The Morgan fingerprint density at radius 2 is 1.81 bits per heavy atom. The fourth-order valence-electron chi connectivity index (χ4n) is 2.11. The van der Waals surface area contributed by atoms with Gasteiger partial charge >= 0.3 is 0 Å². The van der Waals surface area contributed by atoms with E-state index in [1.165, 1.54) is 0 Å². The molecule has 0 amide bonds. The lowest BCUT2D eigenvalue weighted by molar-refractivity contribution is 0.415. The number of anilines is 1. The third-order valence-electron chi connectivity index (χ3n) is 3.25. The first-order valence-corrected chi connectivity index (χ1v) is 7.73. The number of hydrogen-bond acceptors (Lipinski definition) is 2. The van der Waals surface area contributed by atoms with Gasteiger partial charge in [-0.15, -0.1) is 0 Å². The van der Waals surface area contributed by atoms with Crippen LogP contribution in [0.3, 0.4) is 0 Å². The Hall–Kier alpha value is -1.09. The molecule has 0 aliphatic heterocycles. The maximum absolute atomic E-state index is 6.29. The van der Waals surface area contributed by atoms with Crippen LogP contribution >= 0.6 is 34.8 Å². The minimum Gasteiger partial charge on any atom is -0.497 e. The molecule has 2 aromatic rings. The summed E-state index contributed by atoms with van der Waals surface area (Å²) in [5.41, 5.74) is 1.80. The van der Waals surface area contributed by atoms with Crippen molar-refractivity contribution in [2.24, 2.45) is 0 Å². The van der Waals surface area contributed by atoms with Crippen LogP contribution in [0.1, 0.15) is 24.9 Å². The van der Waals surface area contributed by atoms with Crippen LogP contribution < -0.4 is 10.1 Å². The monoisotopic (exact) mass is 343 g/mol. The van der Waals surface area contributed by atoms with Crippen molar-refractivity contribution in [2.45, 2.75) is 19.4 Å². The summed E-state index contributed by atoms with van der Waals surface area (Å²) in [5, 5.41) is 5.31. The maximum Gasteiger partial charge on any atom is 0.121 e. The molecule has 2 aromatic carbocycles. The predicted octanol–water partition coefficient (Wildman–Crippen LogP) is 6.22. The van der Waals surface area contributed by atoms with E-state index in [9.17, 15) is 0 Å². The minimum atomic E-state index is 0.0411. The SMILES string of the molecule is CCC(Nc1cc(OC)ccc1Cl)c1ccc(Cl)cc1Cl. The van der Waals surface area contributed by atoms with Crippen LogP contribution in [0.2, 0.25) is 15.1 Å². The summed E-state index contributed by atoms with van der Waals surface area (Å²) in [6, 6.07) is 11.0. The Morgan fingerprint density at radius 1 is 1.05 bits per heavy atom. The quantitative estimate of drug-likeness (QED) is 0.695. The molecule has 0 aliphatic rings. The first-order valence-electron chi connectivity index (χ1n) is 6.60. The molecule has 0 spiro atoms. The number of rotatable bonds is 5. The summed E-state index contributed by atoms with van der Waals surface area (Å²) in [6.45, 7) is 2.08. The zero-order chi connectivity index (χ0) is 15.4. The average Bonchev–Trinajstić information content (AvgIpc) is 2.47. The van der Waals surface area contributed by atoms with Crippen LogP contribution in [0.5, 0.6) is 5.75 Å². The van der Waals surface area contributed by atoms with Gasteiger partial charge < -0.3 is 10.1 Å². The summed E-state index contributed by atoms with van der Waals surface area (Å²) in [5.74, 6) is 0.749. The second-order valence-corrected chi connectivity index (χ2v) is 5.87. The van der Waals surface area contributed by atoms with Crippen LogP contribution in [-0.2, 0) is 0 Å². The van der Waals surface area contributed by atoms with E-state index in [-0.39, 0.29) is 6.04 Å². The number of nitrogens with one attached hydrogen (secondary N) is 1. The zero-order valence-corrected chi connectivity index (χ0v) is 14.1. The van der Waals surface area contributed by atoms with Crippen LogP contribution in [0.25, 0.3) is 0 Å². The number of benzene rings is 2. The summed E-state index contributed by atoms with van der Waals surface area (Å²) in [4.78, 5) is 0. The molecule has 1 unspecified atom stereocenters. The first-order chi connectivity index (χ1) is 10.0. The second kappa shape index (κ2) is 7.26. The summed E-state index contributed by atoms with van der Waals surface area (Å²) < 4.78 is 5.23. The third kappa shape index (κ3) is 3.97. The number of halogens is 3. The van der Waals surface area contributed by atoms with E-state index < -0.39 is 0 Å². The van der Waals surface area contributed by atoms with Crippen molar-refractivity contribution in [3.63, 3.8) is 0 Å². The van der Waals surface area contributed by atoms with E-state index in [4.69, 9.17) is 39.5 Å². The minimum absolute atomic E-state index is 0.0411. The molecule has 1 N–H and O–H groups in total. The molecule has 112 valence electrons. The Kier molecular flexibility index (Phi) is 5.63. The largest absolute Gasteiger partial charge is 0.497 e. The van der Waals surface area contributed by atoms with Crippen molar-refractivity contribution in [2.75, 3.05) is 12.4 Å². The van der Waals surface area contributed by atoms with Gasteiger partial charge in [0.1, 0.15) is 5.75 Å². The second-order valence-electron chi connectivity index (χ2n) is 4.62. The molecule has 0 aromatic heterocycles. The predicted molar refractivity (Wildman–Crippen MR) is 91.1 cm³/mol. The zero-order valence-electron chi connectivity index (χ0n) is 11.8. The van der Waals surface area contributed by atoms with Gasteiger partial charge in [-0.25, -0.2) is 0 Å². The normalized spacial score (nSPS) is 12.0. The van der Waals surface area contributed by atoms with Crippen LogP contribution in [0.4, 0.5) is 5.69 Å². The smallest absolute Gasteiger partial charge is 0.121 e. The van der Waals surface area contributed by atoms with Gasteiger partial charge in [0.05, 0.1) is 23.9 Å². The van der Waals surface area contributed by atoms with Gasteiger partial charge in [-0.3, -0.25) is 0 Å². The molecule has 2 rings (SSSR count). The summed E-state index contributed by atoms with van der Waals surface area (Å²) in [7, 11) is 1.63. The highest BCUT2D eigenvalue weighted by atomic mass is 35.5. The molecule has 0 saturated heterocycles. The molecule has 2 nitrogen and oxygen atoms in total. The molecule has 5 heteroatoms. The molecular weight excluding hydrogens is 329 g/mol. The van der Waals surface area contributed by atoms with E-state index in [0.29, 0.717) is 15.1 Å². The standard InChI is InChI=1S/C16H16Cl3NO/c1-3-15(12-6-4-10(17)8-14(12)19)20-16-9-11(21-2)5-7-13(16)18/h4-9,15,20H,3H2,1-2H3. The van der Waals surface area contributed by atoms with E-state index in [1.54, 1.807) is 19.2 Å². The van der Waals surface area contributed by atoms with Gasteiger partial charge in [0.2, 0.25) is 0 Å². The topological polar surface area (TPSA) is 21.3 Å². The Balaban J connectivity index is 2.30.